The number of carbonyl (C=O) groups is 2. The molecule has 38 heavy (non-hydrogen) atoms. The van der Waals surface area contributed by atoms with Gasteiger partial charge < -0.3 is 20.8 Å². The Morgan fingerprint density at radius 3 is 2.45 bits per heavy atom. The van der Waals surface area contributed by atoms with E-state index in [0.29, 0.717) is 31.5 Å². The average molecular weight is 541 g/mol. The van der Waals surface area contributed by atoms with Crippen molar-refractivity contribution in [2.75, 3.05) is 6.54 Å². The zero-order valence-corrected chi connectivity index (χ0v) is 22.8. The van der Waals surface area contributed by atoms with Crippen LogP contribution in [0.5, 0.6) is 0 Å². The van der Waals surface area contributed by atoms with Gasteiger partial charge in [0.2, 0.25) is 5.91 Å². The summed E-state index contributed by atoms with van der Waals surface area (Å²) in [6.07, 6.45) is 1.97. The summed E-state index contributed by atoms with van der Waals surface area (Å²) in [6.45, 7) is 5.78. The molecule has 4 rings (SSSR count). The summed E-state index contributed by atoms with van der Waals surface area (Å²) in [5, 5.41) is 5.59. The fraction of sp³-hybridized carbons (Fsp3) is 0.429. The van der Waals surface area contributed by atoms with Crippen LogP contribution in [0.25, 0.3) is 10.9 Å². The van der Waals surface area contributed by atoms with Gasteiger partial charge in [-0.1, -0.05) is 36.4 Å². The minimum Gasteiger partial charge on any atom is -0.458 e. The number of carbonyl (C=O) groups excluding carboxylic acids is 2. The van der Waals surface area contributed by atoms with Gasteiger partial charge in [0, 0.05) is 10.9 Å². The van der Waals surface area contributed by atoms with Crippen molar-refractivity contribution in [1.82, 2.24) is 15.6 Å². The van der Waals surface area contributed by atoms with Gasteiger partial charge in [-0.25, -0.2) is 13.2 Å². The van der Waals surface area contributed by atoms with E-state index >= 15 is 0 Å². The highest BCUT2D eigenvalue weighted by atomic mass is 32.2. The van der Waals surface area contributed by atoms with Gasteiger partial charge in [-0.3, -0.25) is 10.1 Å². The van der Waals surface area contributed by atoms with Gasteiger partial charge in [0.25, 0.3) is 0 Å². The number of benzene rings is 2. The van der Waals surface area contributed by atoms with Crippen LogP contribution in [0.15, 0.2) is 59.5 Å². The molecule has 9 nitrogen and oxygen atoms in total. The Kier molecular flexibility index (Phi) is 8.25. The van der Waals surface area contributed by atoms with Crippen molar-refractivity contribution in [2.45, 2.75) is 74.4 Å². The van der Waals surface area contributed by atoms with E-state index in [4.69, 9.17) is 10.5 Å². The van der Waals surface area contributed by atoms with Crippen molar-refractivity contribution in [3.63, 3.8) is 0 Å². The maximum Gasteiger partial charge on any atom is 0.329 e. The van der Waals surface area contributed by atoms with Gasteiger partial charge in [-0.2, -0.15) is 0 Å². The smallest absolute Gasteiger partial charge is 0.329 e. The number of fused-ring (bicyclic) bond motifs is 3. The number of aromatic nitrogens is 1. The molecule has 0 fully saturated rings. The predicted molar refractivity (Wildman–Crippen MR) is 146 cm³/mol. The zero-order valence-electron chi connectivity index (χ0n) is 22.0. The first kappa shape index (κ1) is 27.8. The van der Waals surface area contributed by atoms with Gasteiger partial charge in [-0.05, 0) is 76.8 Å². The van der Waals surface area contributed by atoms with Crippen LogP contribution in [0.2, 0.25) is 0 Å². The van der Waals surface area contributed by atoms with Gasteiger partial charge in [0.1, 0.15) is 11.6 Å². The van der Waals surface area contributed by atoms with Crippen LogP contribution in [-0.4, -0.2) is 49.5 Å². The average Bonchev–Trinajstić information content (AvgIpc) is 3.25. The fourth-order valence-corrected chi connectivity index (χ4v) is 6.40. The van der Waals surface area contributed by atoms with E-state index in [2.05, 4.69) is 15.6 Å². The molecule has 2 heterocycles. The third-order valence-electron chi connectivity index (χ3n) is 6.52. The molecule has 2 aromatic carbocycles. The fourth-order valence-electron chi connectivity index (χ4n) is 4.74. The van der Waals surface area contributed by atoms with Crippen molar-refractivity contribution in [3.05, 3.63) is 65.9 Å². The maximum absolute atomic E-state index is 13.8. The number of nitrogens with two attached hydrogens (primary N) is 1. The largest absolute Gasteiger partial charge is 0.458 e. The molecule has 1 aliphatic rings. The van der Waals surface area contributed by atoms with Crippen LogP contribution >= 0.6 is 0 Å². The van der Waals surface area contributed by atoms with Gasteiger partial charge >= 0.3 is 5.97 Å². The molecule has 3 aromatic rings. The van der Waals surface area contributed by atoms with E-state index < -0.39 is 44.8 Å². The first-order chi connectivity index (χ1) is 18.0. The van der Waals surface area contributed by atoms with Crippen molar-refractivity contribution >= 4 is 32.6 Å². The molecule has 0 aliphatic carbocycles. The van der Waals surface area contributed by atoms with Crippen molar-refractivity contribution in [2.24, 2.45) is 5.73 Å². The monoisotopic (exact) mass is 540 g/mol. The minimum atomic E-state index is -3.90. The third kappa shape index (κ3) is 6.09. The molecule has 3 atom stereocenters. The Labute approximate surface area is 223 Å². The Hall–Kier alpha value is -3.21. The lowest BCUT2D eigenvalue weighted by Gasteiger charge is -2.32. The maximum atomic E-state index is 13.8. The molecule has 1 aromatic heterocycles. The predicted octanol–water partition coefficient (Wildman–Crippen LogP) is 3.11. The number of rotatable bonds is 9. The van der Waals surface area contributed by atoms with Crippen LogP contribution in [0.3, 0.4) is 0 Å². The Balaban J connectivity index is 1.66. The molecule has 3 unspecified atom stereocenters. The molecule has 0 spiro atoms. The molecule has 5 N–H and O–H groups in total. The number of para-hydroxylation sites is 1. The van der Waals surface area contributed by atoms with E-state index in [9.17, 15) is 18.0 Å². The lowest BCUT2D eigenvalue weighted by atomic mass is 9.97. The summed E-state index contributed by atoms with van der Waals surface area (Å²) in [6, 6.07) is 13.9. The summed E-state index contributed by atoms with van der Waals surface area (Å²) >= 11 is 0. The SMILES string of the molecule is CC(C)(C)OC(=O)C(CCCCN)NC(=O)C1Cc2c([nH]c3ccccc23)C(S(=O)(=O)c2ccccc2)N1. The number of esters is 1. The lowest BCUT2D eigenvalue weighted by Crippen LogP contribution is -2.55. The molecule has 10 heteroatoms. The minimum absolute atomic E-state index is 0.150. The molecule has 1 aliphatic heterocycles. The van der Waals surface area contributed by atoms with E-state index in [0.717, 1.165) is 16.5 Å². The van der Waals surface area contributed by atoms with Crippen LogP contribution < -0.4 is 16.4 Å². The molecule has 1 amide bonds. The van der Waals surface area contributed by atoms with Gasteiger partial charge in [0.05, 0.1) is 16.6 Å². The van der Waals surface area contributed by atoms with E-state index in [1.165, 1.54) is 0 Å². The quantitative estimate of drug-likeness (QED) is 0.241. The number of hydrogen-bond acceptors (Lipinski definition) is 7. The van der Waals surface area contributed by atoms with E-state index in [-0.39, 0.29) is 11.3 Å². The van der Waals surface area contributed by atoms with Crippen LogP contribution in [-0.2, 0) is 30.6 Å². The number of unbranched alkanes of at least 4 members (excludes halogenated alkanes) is 1. The Bertz CT molecular complexity index is 1400. The second-order valence-electron chi connectivity index (χ2n) is 10.6. The van der Waals surface area contributed by atoms with E-state index in [1.54, 1.807) is 51.1 Å². The van der Waals surface area contributed by atoms with E-state index in [1.807, 2.05) is 24.3 Å². The summed E-state index contributed by atoms with van der Waals surface area (Å²) in [5.41, 5.74) is 6.98. The summed E-state index contributed by atoms with van der Waals surface area (Å²) in [5.74, 6) is -0.988. The highest BCUT2D eigenvalue weighted by Gasteiger charge is 2.41. The number of hydrogen-bond donors (Lipinski definition) is 4. The van der Waals surface area contributed by atoms with Crippen molar-refractivity contribution < 1.29 is 22.7 Å². The number of amides is 1. The van der Waals surface area contributed by atoms with Crippen molar-refractivity contribution in [1.29, 1.82) is 0 Å². The second-order valence-corrected chi connectivity index (χ2v) is 12.6. The van der Waals surface area contributed by atoms with Crippen LogP contribution in [0, 0.1) is 0 Å². The third-order valence-corrected chi connectivity index (χ3v) is 8.44. The van der Waals surface area contributed by atoms with Gasteiger partial charge in [-0.15, -0.1) is 0 Å². The summed E-state index contributed by atoms with van der Waals surface area (Å²) in [7, 11) is -3.90. The summed E-state index contributed by atoms with van der Waals surface area (Å²) in [4.78, 5) is 29.9. The number of ether oxygens (including phenoxy) is 1. The normalized spacial score (nSPS) is 18.5. The van der Waals surface area contributed by atoms with Crippen molar-refractivity contribution in [3.8, 4) is 0 Å². The number of nitrogens with one attached hydrogen (secondary N) is 3. The lowest BCUT2D eigenvalue weighted by molar-refractivity contribution is -0.159. The van der Waals surface area contributed by atoms with Gasteiger partial charge in [0.15, 0.2) is 15.2 Å². The van der Waals surface area contributed by atoms with Crippen LogP contribution in [0.1, 0.15) is 56.7 Å². The Morgan fingerprint density at radius 1 is 1.08 bits per heavy atom. The number of sulfone groups is 1. The molecule has 204 valence electrons. The first-order valence-electron chi connectivity index (χ1n) is 12.9. The molecular weight excluding hydrogens is 504 g/mol. The topological polar surface area (TPSA) is 143 Å². The van der Waals surface area contributed by atoms with Crippen LogP contribution in [0.4, 0.5) is 0 Å². The molecule has 0 radical (unpaired) electrons. The standard InChI is InChI=1S/C28H36N4O5S/c1-28(2,3)37-27(34)22(15-9-10-16-29)31-25(33)23-17-20-19-13-7-8-14-21(19)30-24(20)26(32-23)38(35,36)18-11-5-4-6-12-18/h4-8,11-14,22-23,26,30,32H,9-10,15-17,29H2,1-3H3,(H,31,33). The molecule has 0 saturated heterocycles. The number of H-pyrrole nitrogens is 1. The highest BCUT2D eigenvalue weighted by molar-refractivity contribution is 7.91. The molecule has 0 saturated carbocycles. The first-order valence-corrected chi connectivity index (χ1v) is 14.4. The summed E-state index contributed by atoms with van der Waals surface area (Å²) < 4.78 is 33.1. The number of aromatic amines is 1. The molecule has 0 bridgehead atoms. The zero-order chi connectivity index (χ0) is 27.5. The highest BCUT2D eigenvalue weighted by Crippen LogP contribution is 2.37. The molecular formula is C28H36N4O5S. The Morgan fingerprint density at radius 2 is 1.76 bits per heavy atom. The second kappa shape index (κ2) is 11.3.